The van der Waals surface area contributed by atoms with E-state index < -0.39 is 18.6 Å². The van der Waals surface area contributed by atoms with Gasteiger partial charge in [0, 0.05) is 17.4 Å². The second-order valence-corrected chi connectivity index (χ2v) is 4.57. The van der Waals surface area contributed by atoms with E-state index in [0.717, 1.165) is 4.90 Å². The van der Waals surface area contributed by atoms with E-state index in [2.05, 4.69) is 4.98 Å². The molecule has 0 aliphatic heterocycles. The number of nitrogens with zero attached hydrogens (tertiary/aromatic N) is 1. The maximum Gasteiger partial charge on any atom is 0.406 e. The van der Waals surface area contributed by atoms with Crippen LogP contribution >= 0.6 is 0 Å². The number of aromatic nitrogens is 1. The van der Waals surface area contributed by atoms with Gasteiger partial charge in [0.2, 0.25) is 0 Å². The highest BCUT2D eigenvalue weighted by Crippen LogP contribution is 2.23. The lowest BCUT2D eigenvalue weighted by atomic mass is 10.2. The lowest BCUT2D eigenvalue weighted by molar-refractivity contribution is -0.140. The van der Waals surface area contributed by atoms with Gasteiger partial charge in [0.25, 0.3) is 5.91 Å². The molecule has 1 amide bonds. The van der Waals surface area contributed by atoms with Crippen LogP contribution in [0.4, 0.5) is 13.2 Å². The van der Waals surface area contributed by atoms with Gasteiger partial charge in [-0.05, 0) is 31.2 Å². The number of benzene rings is 1. The zero-order chi connectivity index (χ0) is 15.6. The molecule has 0 saturated heterocycles. The van der Waals surface area contributed by atoms with Crippen LogP contribution in [-0.2, 0) is 0 Å². The fourth-order valence-corrected chi connectivity index (χ4v) is 2.07. The minimum absolute atomic E-state index is 0.0168. The molecule has 4 nitrogen and oxygen atoms in total. The fraction of sp³-hybridized carbons (Fsp3) is 0.357. The Hall–Kier alpha value is -2.18. The number of halogens is 3. The number of methoxy groups -OCH3 is 1. The van der Waals surface area contributed by atoms with E-state index in [9.17, 15) is 18.0 Å². The molecule has 0 bridgehead atoms. The smallest absolute Gasteiger partial charge is 0.406 e. The second kappa shape index (κ2) is 5.67. The summed E-state index contributed by atoms with van der Waals surface area (Å²) in [6.45, 7) is 0.230. The monoisotopic (exact) mass is 300 g/mol. The Balaban J connectivity index is 2.29. The summed E-state index contributed by atoms with van der Waals surface area (Å²) < 4.78 is 42.4. The van der Waals surface area contributed by atoms with Gasteiger partial charge in [-0.3, -0.25) is 4.79 Å². The van der Waals surface area contributed by atoms with Crippen molar-refractivity contribution in [3.63, 3.8) is 0 Å². The van der Waals surface area contributed by atoms with Gasteiger partial charge in [-0.25, -0.2) is 0 Å². The molecular weight excluding hydrogens is 285 g/mol. The maximum absolute atomic E-state index is 12.5. The van der Waals surface area contributed by atoms with Crippen LogP contribution < -0.4 is 4.74 Å². The topological polar surface area (TPSA) is 45.3 Å². The van der Waals surface area contributed by atoms with Crippen molar-refractivity contribution >= 4 is 16.8 Å². The predicted molar refractivity (Wildman–Crippen MR) is 72.5 cm³/mol. The first-order valence-electron chi connectivity index (χ1n) is 6.37. The molecule has 0 aliphatic rings. The molecule has 0 atom stereocenters. The van der Waals surface area contributed by atoms with Crippen molar-refractivity contribution in [3.05, 3.63) is 30.0 Å². The van der Waals surface area contributed by atoms with Gasteiger partial charge in [-0.1, -0.05) is 0 Å². The highest BCUT2D eigenvalue weighted by atomic mass is 19.4. The number of rotatable bonds is 4. The van der Waals surface area contributed by atoms with Gasteiger partial charge >= 0.3 is 6.18 Å². The molecule has 0 radical (unpaired) electrons. The zero-order valence-electron chi connectivity index (χ0n) is 11.6. The van der Waals surface area contributed by atoms with Crippen LogP contribution in [0.15, 0.2) is 24.3 Å². The van der Waals surface area contributed by atoms with Crippen molar-refractivity contribution in [2.45, 2.75) is 13.1 Å². The maximum atomic E-state index is 12.5. The Labute approximate surface area is 119 Å². The van der Waals surface area contributed by atoms with E-state index in [0.29, 0.717) is 16.7 Å². The van der Waals surface area contributed by atoms with E-state index >= 15 is 0 Å². The summed E-state index contributed by atoms with van der Waals surface area (Å²) in [5.41, 5.74) is 0.798. The van der Waals surface area contributed by atoms with Gasteiger partial charge in [0.1, 0.15) is 18.0 Å². The first kappa shape index (κ1) is 15.2. The first-order chi connectivity index (χ1) is 9.84. The van der Waals surface area contributed by atoms with Crippen molar-refractivity contribution in [3.8, 4) is 5.75 Å². The summed E-state index contributed by atoms with van der Waals surface area (Å²) in [7, 11) is 1.52. The Morgan fingerprint density at radius 1 is 1.33 bits per heavy atom. The van der Waals surface area contributed by atoms with Crippen LogP contribution in [0.25, 0.3) is 10.9 Å². The highest BCUT2D eigenvalue weighted by molar-refractivity contribution is 5.98. The molecule has 1 aromatic carbocycles. The van der Waals surface area contributed by atoms with Gasteiger partial charge in [-0.15, -0.1) is 0 Å². The van der Waals surface area contributed by atoms with Crippen LogP contribution in [0.2, 0.25) is 0 Å². The molecule has 2 rings (SSSR count). The number of hydrogen-bond acceptors (Lipinski definition) is 2. The summed E-state index contributed by atoms with van der Waals surface area (Å²) in [6.07, 6.45) is -4.42. The van der Waals surface area contributed by atoms with Crippen molar-refractivity contribution < 1.29 is 22.7 Å². The third-order valence-electron chi connectivity index (χ3n) is 3.10. The third kappa shape index (κ3) is 3.48. The molecule has 0 fully saturated rings. The zero-order valence-corrected chi connectivity index (χ0v) is 11.6. The number of alkyl halides is 3. The van der Waals surface area contributed by atoms with Gasteiger partial charge in [-0.2, -0.15) is 13.2 Å². The lowest BCUT2D eigenvalue weighted by Crippen LogP contribution is -2.38. The molecule has 0 aliphatic carbocycles. The molecule has 2 aromatic rings. The number of nitrogens with one attached hydrogen (secondary N) is 1. The summed E-state index contributed by atoms with van der Waals surface area (Å²) in [4.78, 5) is 15.7. The van der Waals surface area contributed by atoms with Crippen LogP contribution in [0, 0.1) is 0 Å². The number of fused-ring (bicyclic) bond motifs is 1. The van der Waals surface area contributed by atoms with Gasteiger partial charge in [0.15, 0.2) is 0 Å². The molecule has 114 valence electrons. The lowest BCUT2D eigenvalue weighted by Gasteiger charge is -2.21. The van der Waals surface area contributed by atoms with Crippen LogP contribution in [0.3, 0.4) is 0 Å². The SMILES string of the molecule is CCN(CC(F)(F)F)C(=O)c1cc2cc(OC)ccc2[nH]1. The Bertz CT molecular complexity index is 649. The van der Waals surface area contributed by atoms with E-state index in [4.69, 9.17) is 4.74 Å². The number of H-pyrrole nitrogens is 1. The molecule has 0 spiro atoms. The van der Waals surface area contributed by atoms with Crippen LogP contribution in [-0.4, -0.2) is 42.2 Å². The Kier molecular flexibility index (Phi) is 4.11. The van der Waals surface area contributed by atoms with Gasteiger partial charge in [0.05, 0.1) is 7.11 Å². The molecule has 0 unspecified atom stereocenters. The van der Waals surface area contributed by atoms with Crippen LogP contribution in [0.1, 0.15) is 17.4 Å². The van der Waals surface area contributed by atoms with Crippen molar-refractivity contribution in [1.29, 1.82) is 0 Å². The normalized spacial score (nSPS) is 11.7. The summed E-state index contributed by atoms with van der Waals surface area (Å²) in [5.74, 6) is -0.0619. The standard InChI is InChI=1S/C14H15F3N2O2/c1-3-19(8-14(15,16)17)13(20)12-7-9-6-10(21-2)4-5-11(9)18-12/h4-7,18H,3,8H2,1-2H3. The van der Waals surface area contributed by atoms with E-state index in [1.807, 2.05) is 0 Å². The Morgan fingerprint density at radius 3 is 2.62 bits per heavy atom. The van der Waals surface area contributed by atoms with Gasteiger partial charge < -0.3 is 14.6 Å². The fourth-order valence-electron chi connectivity index (χ4n) is 2.07. The van der Waals surface area contributed by atoms with E-state index in [1.165, 1.54) is 20.1 Å². The second-order valence-electron chi connectivity index (χ2n) is 4.57. The number of hydrogen-bond donors (Lipinski definition) is 1. The summed E-state index contributed by atoms with van der Waals surface area (Å²) in [6, 6.07) is 6.66. The number of ether oxygens (including phenoxy) is 1. The Morgan fingerprint density at radius 2 is 2.05 bits per heavy atom. The average molecular weight is 300 g/mol. The minimum Gasteiger partial charge on any atom is -0.497 e. The largest absolute Gasteiger partial charge is 0.497 e. The molecule has 21 heavy (non-hydrogen) atoms. The number of aromatic amines is 1. The first-order valence-corrected chi connectivity index (χ1v) is 6.37. The highest BCUT2D eigenvalue weighted by Gasteiger charge is 2.33. The quantitative estimate of drug-likeness (QED) is 0.942. The molecule has 1 heterocycles. The third-order valence-corrected chi connectivity index (χ3v) is 3.10. The molecular formula is C14H15F3N2O2. The van der Waals surface area contributed by atoms with E-state index in [-0.39, 0.29) is 12.2 Å². The summed E-state index contributed by atoms with van der Waals surface area (Å²) in [5, 5.41) is 0.709. The van der Waals surface area contributed by atoms with Crippen LogP contribution in [0.5, 0.6) is 5.75 Å². The van der Waals surface area contributed by atoms with Crippen molar-refractivity contribution in [2.24, 2.45) is 0 Å². The average Bonchev–Trinajstić information content (AvgIpc) is 2.85. The molecule has 1 aromatic heterocycles. The minimum atomic E-state index is -4.42. The van der Waals surface area contributed by atoms with Crippen molar-refractivity contribution in [1.82, 2.24) is 9.88 Å². The van der Waals surface area contributed by atoms with E-state index in [1.54, 1.807) is 18.2 Å². The predicted octanol–water partition coefficient (Wildman–Crippen LogP) is 3.20. The number of carbonyl (C=O) groups is 1. The molecule has 1 N–H and O–H groups in total. The molecule has 0 saturated carbocycles. The number of carbonyl (C=O) groups excluding carboxylic acids is 1. The number of amides is 1. The summed E-state index contributed by atoms with van der Waals surface area (Å²) >= 11 is 0. The van der Waals surface area contributed by atoms with Crippen molar-refractivity contribution in [2.75, 3.05) is 20.2 Å². The molecule has 7 heteroatoms.